The molecule has 2 atom stereocenters. The minimum Gasteiger partial charge on any atom is -0.465 e. The number of hydrogen-bond acceptors (Lipinski definition) is 5. The van der Waals surface area contributed by atoms with Crippen LogP contribution >= 0.6 is 12.4 Å². The fourth-order valence-electron chi connectivity index (χ4n) is 3.31. The van der Waals surface area contributed by atoms with E-state index in [4.69, 9.17) is 10.8 Å². The van der Waals surface area contributed by atoms with Crippen molar-refractivity contribution in [3.05, 3.63) is 47.8 Å². The average molecular weight is 410 g/mol. The predicted octanol–water partition coefficient (Wildman–Crippen LogP) is 0.785. The Morgan fingerprint density at radius 2 is 1.96 bits per heavy atom. The molecule has 2 aromatic rings. The number of aromatic nitrogens is 2. The van der Waals surface area contributed by atoms with Gasteiger partial charge in [0, 0.05) is 19.6 Å². The van der Waals surface area contributed by atoms with Crippen LogP contribution in [0.1, 0.15) is 17.4 Å². The van der Waals surface area contributed by atoms with Crippen molar-refractivity contribution in [1.29, 1.82) is 0 Å². The molecule has 4 N–H and O–H groups in total. The summed E-state index contributed by atoms with van der Waals surface area (Å²) < 4.78 is 1.70. The van der Waals surface area contributed by atoms with Crippen LogP contribution in [0.3, 0.4) is 0 Å². The second-order valence-corrected chi connectivity index (χ2v) is 6.52. The normalized spacial score (nSPS) is 17.8. The van der Waals surface area contributed by atoms with E-state index in [0.717, 1.165) is 11.4 Å². The SMILES string of the molecule is Cc1cc([C@@H]2CN(C(=O)C(N)CO)CCN2C(=O)O)n(-c2ccccc2)n1.Cl. The summed E-state index contributed by atoms with van der Waals surface area (Å²) in [6.07, 6.45) is -1.06. The van der Waals surface area contributed by atoms with Crippen LogP contribution in [0.15, 0.2) is 36.4 Å². The highest BCUT2D eigenvalue weighted by atomic mass is 35.5. The fraction of sp³-hybridized carbons (Fsp3) is 0.389. The molecule has 10 heteroatoms. The third-order valence-electron chi connectivity index (χ3n) is 4.65. The standard InChI is InChI=1S/C18H23N5O4.ClH/c1-12-9-15(23(20-12)13-5-3-2-4-6-13)16-10-21(17(25)14(19)11-24)7-8-22(16)18(26)27;/h2-6,9,14,16,24H,7-8,10-11,19H2,1H3,(H,26,27);1H/t14?,16-;/m0./s1. The average Bonchev–Trinajstić information content (AvgIpc) is 3.08. The molecule has 1 aromatic carbocycles. The summed E-state index contributed by atoms with van der Waals surface area (Å²) in [4.78, 5) is 27.0. The molecule has 0 aliphatic carbocycles. The third-order valence-corrected chi connectivity index (χ3v) is 4.65. The number of benzene rings is 1. The van der Waals surface area contributed by atoms with Crippen LogP contribution in [-0.2, 0) is 4.79 Å². The van der Waals surface area contributed by atoms with E-state index in [1.165, 1.54) is 9.80 Å². The van der Waals surface area contributed by atoms with Gasteiger partial charge in [-0.05, 0) is 25.1 Å². The number of carbonyl (C=O) groups excluding carboxylic acids is 1. The zero-order valence-electron chi connectivity index (χ0n) is 15.4. The largest absolute Gasteiger partial charge is 0.465 e. The van der Waals surface area contributed by atoms with Gasteiger partial charge in [-0.3, -0.25) is 9.69 Å². The van der Waals surface area contributed by atoms with Crippen molar-refractivity contribution in [3.63, 3.8) is 0 Å². The summed E-state index contributed by atoms with van der Waals surface area (Å²) in [5, 5.41) is 23.3. The molecule has 2 heterocycles. The number of piperazine rings is 1. The molecule has 1 aliphatic heterocycles. The molecule has 1 aliphatic rings. The second-order valence-electron chi connectivity index (χ2n) is 6.52. The van der Waals surface area contributed by atoms with Crippen molar-refractivity contribution >= 4 is 24.4 Å². The van der Waals surface area contributed by atoms with Crippen LogP contribution in [0.25, 0.3) is 5.69 Å². The quantitative estimate of drug-likeness (QED) is 0.685. The molecule has 1 unspecified atom stereocenters. The molecule has 9 nitrogen and oxygen atoms in total. The number of hydrogen-bond donors (Lipinski definition) is 3. The van der Waals surface area contributed by atoms with E-state index >= 15 is 0 Å². The number of halogens is 1. The first kappa shape index (κ1) is 21.7. The number of para-hydroxylation sites is 1. The van der Waals surface area contributed by atoms with Crippen LogP contribution in [-0.4, -0.2) is 74.1 Å². The highest BCUT2D eigenvalue weighted by Crippen LogP contribution is 2.28. The number of nitrogens with two attached hydrogens (primary N) is 1. The highest BCUT2D eigenvalue weighted by Gasteiger charge is 2.36. The zero-order chi connectivity index (χ0) is 19.6. The lowest BCUT2D eigenvalue weighted by Gasteiger charge is -2.40. The van der Waals surface area contributed by atoms with Crippen molar-refractivity contribution < 1.29 is 19.8 Å². The first-order valence-electron chi connectivity index (χ1n) is 8.69. The van der Waals surface area contributed by atoms with Crippen LogP contribution in [0.4, 0.5) is 4.79 Å². The number of amides is 2. The van der Waals surface area contributed by atoms with Gasteiger partial charge in [0.2, 0.25) is 5.91 Å². The maximum Gasteiger partial charge on any atom is 0.407 e. The molecule has 1 saturated heterocycles. The van der Waals surface area contributed by atoms with Crippen LogP contribution in [0.5, 0.6) is 0 Å². The summed E-state index contributed by atoms with van der Waals surface area (Å²) >= 11 is 0. The molecule has 0 saturated carbocycles. The van der Waals surface area contributed by atoms with E-state index in [1.54, 1.807) is 4.68 Å². The Morgan fingerprint density at radius 1 is 1.29 bits per heavy atom. The van der Waals surface area contributed by atoms with E-state index in [2.05, 4.69) is 5.10 Å². The van der Waals surface area contributed by atoms with Gasteiger partial charge in [-0.1, -0.05) is 18.2 Å². The smallest absolute Gasteiger partial charge is 0.407 e. The zero-order valence-corrected chi connectivity index (χ0v) is 16.2. The molecule has 152 valence electrons. The van der Waals surface area contributed by atoms with Gasteiger partial charge >= 0.3 is 6.09 Å². The first-order valence-corrected chi connectivity index (χ1v) is 8.69. The van der Waals surface area contributed by atoms with Crippen molar-refractivity contribution in [1.82, 2.24) is 19.6 Å². The van der Waals surface area contributed by atoms with Gasteiger partial charge in [0.15, 0.2) is 0 Å². The summed E-state index contributed by atoms with van der Waals surface area (Å²) in [5.74, 6) is -0.393. The van der Waals surface area contributed by atoms with Gasteiger partial charge in [0.25, 0.3) is 0 Å². The Labute approximate surface area is 168 Å². The fourth-order valence-corrected chi connectivity index (χ4v) is 3.31. The molecule has 0 bridgehead atoms. The van der Waals surface area contributed by atoms with Crippen LogP contribution in [0.2, 0.25) is 0 Å². The minimum absolute atomic E-state index is 0. The number of nitrogens with zero attached hydrogens (tertiary/aromatic N) is 4. The molecule has 28 heavy (non-hydrogen) atoms. The van der Waals surface area contributed by atoms with Gasteiger partial charge in [-0.2, -0.15) is 5.10 Å². The van der Waals surface area contributed by atoms with Gasteiger partial charge in [-0.25, -0.2) is 9.48 Å². The van der Waals surface area contributed by atoms with Gasteiger partial charge in [0.1, 0.15) is 6.04 Å². The summed E-state index contributed by atoms with van der Waals surface area (Å²) in [5.41, 5.74) is 7.89. The van der Waals surface area contributed by atoms with Gasteiger partial charge < -0.3 is 20.8 Å². The monoisotopic (exact) mass is 409 g/mol. The van der Waals surface area contributed by atoms with Crippen molar-refractivity contribution in [2.24, 2.45) is 5.73 Å². The van der Waals surface area contributed by atoms with Crippen molar-refractivity contribution in [3.8, 4) is 5.69 Å². The Hall–Kier alpha value is -2.62. The summed E-state index contributed by atoms with van der Waals surface area (Å²) in [6.45, 7) is 1.92. The number of aliphatic hydroxyl groups excluding tert-OH is 1. The van der Waals surface area contributed by atoms with Crippen LogP contribution < -0.4 is 5.73 Å². The van der Waals surface area contributed by atoms with E-state index < -0.39 is 30.7 Å². The number of carbonyl (C=O) groups is 2. The molecule has 3 rings (SSSR count). The molecule has 0 radical (unpaired) electrons. The van der Waals surface area contributed by atoms with E-state index in [9.17, 15) is 14.7 Å². The summed E-state index contributed by atoms with van der Waals surface area (Å²) in [6, 6.07) is 9.64. The van der Waals surface area contributed by atoms with E-state index in [0.29, 0.717) is 5.69 Å². The lowest BCUT2D eigenvalue weighted by molar-refractivity contribution is -0.136. The van der Waals surface area contributed by atoms with E-state index in [1.807, 2.05) is 43.3 Å². The van der Waals surface area contributed by atoms with Crippen molar-refractivity contribution in [2.75, 3.05) is 26.2 Å². The topological polar surface area (TPSA) is 125 Å². The Bertz CT molecular complexity index is 829. The predicted molar refractivity (Wildman–Crippen MR) is 105 cm³/mol. The van der Waals surface area contributed by atoms with Crippen LogP contribution in [0, 0.1) is 6.92 Å². The van der Waals surface area contributed by atoms with Crippen molar-refractivity contribution in [2.45, 2.75) is 19.0 Å². The number of aryl methyl sites for hydroxylation is 1. The maximum atomic E-state index is 12.4. The number of carboxylic acid groups (broad SMARTS) is 1. The molecule has 0 spiro atoms. The molecular weight excluding hydrogens is 386 g/mol. The number of aliphatic hydroxyl groups is 1. The van der Waals surface area contributed by atoms with Gasteiger partial charge in [-0.15, -0.1) is 12.4 Å². The Balaban J connectivity index is 0.00000280. The molecular formula is C18H24ClN5O4. The number of rotatable bonds is 4. The molecule has 2 amide bonds. The highest BCUT2D eigenvalue weighted by molar-refractivity contribution is 5.85. The third kappa shape index (κ3) is 4.27. The lowest BCUT2D eigenvalue weighted by Crippen LogP contribution is -2.56. The summed E-state index contributed by atoms with van der Waals surface area (Å²) in [7, 11) is 0. The second kappa shape index (κ2) is 9.05. The minimum atomic E-state index is -1.06. The lowest BCUT2D eigenvalue weighted by atomic mass is 10.1. The van der Waals surface area contributed by atoms with E-state index in [-0.39, 0.29) is 32.0 Å². The van der Waals surface area contributed by atoms with Gasteiger partial charge in [0.05, 0.1) is 29.7 Å². The Kier molecular flexibility index (Phi) is 7.00. The first-order chi connectivity index (χ1) is 12.9. The molecule has 1 fully saturated rings. The molecule has 1 aromatic heterocycles. The Morgan fingerprint density at radius 3 is 2.57 bits per heavy atom. The maximum absolute atomic E-state index is 12.4.